The number of hydrogen-bond donors (Lipinski definition) is 0. The quantitative estimate of drug-likeness (QED) is 0.854. The van der Waals surface area contributed by atoms with E-state index < -0.39 is 0 Å². The zero-order chi connectivity index (χ0) is 16.9. The third kappa shape index (κ3) is 3.84. The van der Waals surface area contributed by atoms with E-state index in [1.807, 2.05) is 49.1 Å². The Morgan fingerprint density at radius 2 is 1.78 bits per heavy atom. The normalized spacial score (nSPS) is 16.7. The highest BCUT2D eigenvalue weighted by Gasteiger charge is 2.39. The van der Waals surface area contributed by atoms with Crippen molar-refractivity contribution in [1.29, 1.82) is 0 Å². The number of likely N-dealkylation sites (tertiary alicyclic amines) is 1. The average molecular weight is 318 g/mol. The van der Waals surface area contributed by atoms with Crippen molar-refractivity contribution in [3.8, 4) is 0 Å². The number of amides is 2. The molecule has 0 spiro atoms. The first-order chi connectivity index (χ1) is 11.0. The van der Waals surface area contributed by atoms with Crippen LogP contribution in [0.2, 0.25) is 0 Å². The van der Waals surface area contributed by atoms with Crippen LogP contribution < -0.4 is 4.90 Å². The SMILES string of the molecule is CCOC(=O)N1CCC(C)(N(C(=O)CC)c2ccccc2)CC1. The monoisotopic (exact) mass is 318 g/mol. The minimum absolute atomic E-state index is 0.114. The van der Waals surface area contributed by atoms with Gasteiger partial charge >= 0.3 is 6.09 Å². The molecule has 5 nitrogen and oxygen atoms in total. The Morgan fingerprint density at radius 1 is 1.17 bits per heavy atom. The molecule has 0 saturated carbocycles. The summed E-state index contributed by atoms with van der Waals surface area (Å²) in [5, 5.41) is 0. The van der Waals surface area contributed by atoms with E-state index in [0.717, 1.165) is 18.5 Å². The fourth-order valence-corrected chi connectivity index (χ4v) is 3.10. The summed E-state index contributed by atoms with van der Waals surface area (Å²) < 4.78 is 5.07. The topological polar surface area (TPSA) is 49.9 Å². The Kier molecular flexibility index (Phi) is 5.64. The molecule has 23 heavy (non-hydrogen) atoms. The molecule has 2 rings (SSSR count). The third-order valence-corrected chi connectivity index (χ3v) is 4.47. The summed E-state index contributed by atoms with van der Waals surface area (Å²) in [4.78, 5) is 28.1. The third-order valence-electron chi connectivity index (χ3n) is 4.47. The molecule has 0 aromatic heterocycles. The molecule has 5 heteroatoms. The highest BCUT2D eigenvalue weighted by Crippen LogP contribution is 2.33. The highest BCUT2D eigenvalue weighted by atomic mass is 16.6. The minimum atomic E-state index is -0.280. The van der Waals surface area contributed by atoms with Crippen molar-refractivity contribution in [2.45, 2.75) is 45.6 Å². The van der Waals surface area contributed by atoms with E-state index in [0.29, 0.717) is 26.1 Å². The van der Waals surface area contributed by atoms with Crippen molar-refractivity contribution in [1.82, 2.24) is 4.90 Å². The second-order valence-corrected chi connectivity index (χ2v) is 6.10. The lowest BCUT2D eigenvalue weighted by Crippen LogP contribution is -2.56. The molecule has 0 radical (unpaired) electrons. The van der Waals surface area contributed by atoms with Crippen molar-refractivity contribution in [2.75, 3.05) is 24.6 Å². The van der Waals surface area contributed by atoms with Gasteiger partial charge in [0.1, 0.15) is 0 Å². The number of nitrogens with zero attached hydrogens (tertiary/aromatic N) is 2. The Bertz CT molecular complexity index is 536. The van der Waals surface area contributed by atoms with E-state index in [-0.39, 0.29) is 17.5 Å². The molecule has 0 N–H and O–H groups in total. The summed E-state index contributed by atoms with van der Waals surface area (Å²) in [6, 6.07) is 9.78. The van der Waals surface area contributed by atoms with Gasteiger partial charge < -0.3 is 14.5 Å². The van der Waals surface area contributed by atoms with Gasteiger partial charge in [0.05, 0.1) is 6.61 Å². The van der Waals surface area contributed by atoms with Crippen LogP contribution in [-0.4, -0.2) is 42.1 Å². The fourth-order valence-electron chi connectivity index (χ4n) is 3.10. The van der Waals surface area contributed by atoms with E-state index in [1.54, 1.807) is 4.90 Å². The summed E-state index contributed by atoms with van der Waals surface area (Å²) in [5.74, 6) is 0.114. The Balaban J connectivity index is 2.17. The Hall–Kier alpha value is -2.04. The van der Waals surface area contributed by atoms with Gasteiger partial charge in [-0.2, -0.15) is 0 Å². The smallest absolute Gasteiger partial charge is 0.409 e. The summed E-state index contributed by atoms with van der Waals surface area (Å²) >= 11 is 0. The standard InChI is InChI=1S/C18H26N2O3/c1-4-16(21)20(15-9-7-6-8-10-15)18(3)11-13-19(14-12-18)17(22)23-5-2/h6-10H,4-5,11-14H2,1-3H3. The van der Waals surface area contributed by atoms with Crippen molar-refractivity contribution in [3.05, 3.63) is 30.3 Å². The van der Waals surface area contributed by atoms with Gasteiger partial charge in [-0.15, -0.1) is 0 Å². The molecule has 126 valence electrons. The lowest BCUT2D eigenvalue weighted by molar-refractivity contribution is -0.119. The number of para-hydroxylation sites is 1. The molecule has 2 amide bonds. The van der Waals surface area contributed by atoms with Gasteiger partial charge in [-0.1, -0.05) is 25.1 Å². The van der Waals surface area contributed by atoms with Crippen molar-refractivity contribution in [2.24, 2.45) is 0 Å². The molecular weight excluding hydrogens is 292 g/mol. The van der Waals surface area contributed by atoms with Gasteiger partial charge in [-0.3, -0.25) is 4.79 Å². The zero-order valence-electron chi connectivity index (χ0n) is 14.2. The maximum Gasteiger partial charge on any atom is 0.409 e. The van der Waals surface area contributed by atoms with Crippen molar-refractivity contribution < 1.29 is 14.3 Å². The van der Waals surface area contributed by atoms with Crippen LogP contribution in [0.25, 0.3) is 0 Å². The molecule has 1 aromatic carbocycles. The predicted octanol–water partition coefficient (Wildman–Crippen LogP) is 3.44. The van der Waals surface area contributed by atoms with Gasteiger partial charge in [0.25, 0.3) is 0 Å². The molecule has 1 fully saturated rings. The van der Waals surface area contributed by atoms with Crippen molar-refractivity contribution >= 4 is 17.7 Å². The number of carbonyl (C=O) groups is 2. The van der Waals surface area contributed by atoms with Crippen LogP contribution in [0, 0.1) is 0 Å². The van der Waals surface area contributed by atoms with Gasteiger partial charge in [-0.05, 0) is 38.8 Å². The van der Waals surface area contributed by atoms with Crippen LogP contribution in [-0.2, 0) is 9.53 Å². The summed E-state index contributed by atoms with van der Waals surface area (Å²) in [6.45, 7) is 7.40. The van der Waals surface area contributed by atoms with Gasteiger partial charge in [-0.25, -0.2) is 4.79 Å². The molecule has 0 aliphatic carbocycles. The lowest BCUT2D eigenvalue weighted by atomic mass is 9.86. The molecule has 0 unspecified atom stereocenters. The first-order valence-corrected chi connectivity index (χ1v) is 8.31. The summed E-state index contributed by atoms with van der Waals surface area (Å²) in [7, 11) is 0. The second kappa shape index (κ2) is 7.49. The summed E-state index contributed by atoms with van der Waals surface area (Å²) in [5.41, 5.74) is 0.642. The van der Waals surface area contributed by atoms with E-state index in [1.165, 1.54) is 0 Å². The number of rotatable bonds is 4. The first kappa shape index (κ1) is 17.3. The van der Waals surface area contributed by atoms with Gasteiger partial charge in [0, 0.05) is 30.7 Å². The van der Waals surface area contributed by atoms with Gasteiger partial charge in [0.2, 0.25) is 5.91 Å². The molecule has 1 aliphatic heterocycles. The van der Waals surface area contributed by atoms with E-state index in [2.05, 4.69) is 6.92 Å². The lowest BCUT2D eigenvalue weighted by Gasteiger charge is -2.46. The minimum Gasteiger partial charge on any atom is -0.450 e. The molecule has 1 saturated heterocycles. The number of hydrogen-bond acceptors (Lipinski definition) is 3. The molecule has 0 atom stereocenters. The number of carbonyl (C=O) groups excluding carboxylic acids is 2. The number of piperidine rings is 1. The molecule has 1 heterocycles. The summed E-state index contributed by atoms with van der Waals surface area (Å²) in [6.07, 6.45) is 1.69. The predicted molar refractivity (Wildman–Crippen MR) is 90.5 cm³/mol. The number of ether oxygens (including phenoxy) is 1. The first-order valence-electron chi connectivity index (χ1n) is 8.31. The van der Waals surface area contributed by atoms with Crippen LogP contribution in [0.3, 0.4) is 0 Å². The number of anilines is 1. The second-order valence-electron chi connectivity index (χ2n) is 6.10. The van der Waals surface area contributed by atoms with Crippen LogP contribution in [0.4, 0.5) is 10.5 Å². The van der Waals surface area contributed by atoms with E-state index >= 15 is 0 Å². The Labute approximate surface area is 138 Å². The molecule has 1 aliphatic rings. The largest absolute Gasteiger partial charge is 0.450 e. The molecular formula is C18H26N2O3. The average Bonchev–Trinajstić information content (AvgIpc) is 2.56. The highest BCUT2D eigenvalue weighted by molar-refractivity contribution is 5.94. The maximum atomic E-state index is 12.6. The maximum absolute atomic E-state index is 12.6. The van der Waals surface area contributed by atoms with Crippen LogP contribution in [0.5, 0.6) is 0 Å². The van der Waals surface area contributed by atoms with Crippen LogP contribution >= 0.6 is 0 Å². The molecule has 1 aromatic rings. The molecule has 0 bridgehead atoms. The fraction of sp³-hybridized carbons (Fsp3) is 0.556. The van der Waals surface area contributed by atoms with E-state index in [9.17, 15) is 9.59 Å². The van der Waals surface area contributed by atoms with Crippen LogP contribution in [0.1, 0.15) is 40.0 Å². The Morgan fingerprint density at radius 3 is 2.30 bits per heavy atom. The van der Waals surface area contributed by atoms with E-state index in [4.69, 9.17) is 4.74 Å². The van der Waals surface area contributed by atoms with Crippen molar-refractivity contribution in [3.63, 3.8) is 0 Å². The number of benzene rings is 1. The van der Waals surface area contributed by atoms with Gasteiger partial charge in [0.15, 0.2) is 0 Å². The zero-order valence-corrected chi connectivity index (χ0v) is 14.2. The van der Waals surface area contributed by atoms with Crippen LogP contribution in [0.15, 0.2) is 30.3 Å².